The van der Waals surface area contributed by atoms with Crippen molar-refractivity contribution >= 4 is 10.0 Å². The van der Waals surface area contributed by atoms with Crippen molar-refractivity contribution in [3.05, 3.63) is 30.1 Å². The zero-order valence-corrected chi connectivity index (χ0v) is 12.7. The molecule has 1 rings (SSSR count). The largest absolute Gasteiger partial charge is 0.243 e. The maximum Gasteiger partial charge on any atom is 0.243 e. The van der Waals surface area contributed by atoms with Gasteiger partial charge in [0.1, 0.15) is 5.82 Å². The van der Waals surface area contributed by atoms with Crippen molar-refractivity contribution in [1.82, 2.24) is 4.31 Å². The van der Waals surface area contributed by atoms with Gasteiger partial charge in [0, 0.05) is 13.1 Å². The Hall–Kier alpha value is -0.940. The smallest absolute Gasteiger partial charge is 0.207 e. The van der Waals surface area contributed by atoms with E-state index in [1.807, 2.05) is 27.7 Å². The number of rotatable bonds is 6. The van der Waals surface area contributed by atoms with Crippen molar-refractivity contribution in [3.8, 4) is 0 Å². The van der Waals surface area contributed by atoms with Crippen molar-refractivity contribution in [2.75, 3.05) is 13.1 Å². The van der Waals surface area contributed by atoms with E-state index in [4.69, 9.17) is 0 Å². The van der Waals surface area contributed by atoms with Gasteiger partial charge in [0.05, 0.1) is 4.90 Å². The molecule has 0 radical (unpaired) electrons. The fourth-order valence-electron chi connectivity index (χ4n) is 1.84. The van der Waals surface area contributed by atoms with Crippen LogP contribution < -0.4 is 0 Å². The Labute approximate surface area is 115 Å². The highest BCUT2D eigenvalue weighted by atomic mass is 32.2. The molecule has 5 heteroatoms. The summed E-state index contributed by atoms with van der Waals surface area (Å²) in [6, 6.07) is 4.99. The third-order valence-electron chi connectivity index (χ3n) is 2.59. The highest BCUT2D eigenvalue weighted by molar-refractivity contribution is 7.89. The predicted octanol–water partition coefficient (Wildman–Crippen LogP) is 3.13. The molecular formula is C14H22FNO2S. The first-order valence-electron chi connectivity index (χ1n) is 6.49. The van der Waals surface area contributed by atoms with Crippen molar-refractivity contribution in [2.45, 2.75) is 32.6 Å². The third-order valence-corrected chi connectivity index (χ3v) is 4.43. The molecular weight excluding hydrogens is 265 g/mol. The molecule has 0 spiro atoms. The van der Waals surface area contributed by atoms with Crippen LogP contribution in [0.1, 0.15) is 27.7 Å². The van der Waals surface area contributed by atoms with Gasteiger partial charge in [0.15, 0.2) is 0 Å². The van der Waals surface area contributed by atoms with Crippen LogP contribution in [0.2, 0.25) is 0 Å². The van der Waals surface area contributed by atoms with E-state index in [-0.39, 0.29) is 16.7 Å². The molecule has 1 aromatic carbocycles. The van der Waals surface area contributed by atoms with Crippen molar-refractivity contribution in [1.29, 1.82) is 0 Å². The second-order valence-corrected chi connectivity index (χ2v) is 7.50. The minimum Gasteiger partial charge on any atom is -0.207 e. The quantitative estimate of drug-likeness (QED) is 0.806. The normalized spacial score (nSPS) is 12.6. The zero-order valence-electron chi connectivity index (χ0n) is 11.9. The van der Waals surface area contributed by atoms with Crippen LogP contribution in [0.3, 0.4) is 0 Å². The second-order valence-electron chi connectivity index (χ2n) is 5.56. The van der Waals surface area contributed by atoms with Crippen LogP contribution in [0.4, 0.5) is 4.39 Å². The van der Waals surface area contributed by atoms with Crippen LogP contribution in [-0.4, -0.2) is 25.8 Å². The van der Waals surface area contributed by atoms with E-state index in [9.17, 15) is 12.8 Å². The van der Waals surface area contributed by atoms with Gasteiger partial charge < -0.3 is 0 Å². The molecule has 3 nitrogen and oxygen atoms in total. The number of benzene rings is 1. The van der Waals surface area contributed by atoms with Gasteiger partial charge >= 0.3 is 0 Å². The van der Waals surface area contributed by atoms with Gasteiger partial charge in [0.25, 0.3) is 0 Å². The van der Waals surface area contributed by atoms with E-state index in [2.05, 4.69) is 0 Å². The summed E-state index contributed by atoms with van der Waals surface area (Å²) in [5.41, 5.74) is 0. The van der Waals surface area contributed by atoms with Crippen molar-refractivity contribution in [3.63, 3.8) is 0 Å². The lowest BCUT2D eigenvalue weighted by Crippen LogP contribution is -2.37. The molecule has 0 N–H and O–H groups in total. The first-order valence-corrected chi connectivity index (χ1v) is 7.93. The number of hydrogen-bond donors (Lipinski definition) is 0. The fraction of sp³-hybridized carbons (Fsp3) is 0.571. The maximum atomic E-state index is 12.9. The van der Waals surface area contributed by atoms with Gasteiger partial charge in [-0.25, -0.2) is 12.8 Å². The Morgan fingerprint density at radius 2 is 1.42 bits per heavy atom. The maximum absolute atomic E-state index is 12.9. The second kappa shape index (κ2) is 6.48. The van der Waals surface area contributed by atoms with E-state index in [0.717, 1.165) is 0 Å². The first-order chi connectivity index (χ1) is 8.73. The molecule has 0 aliphatic rings. The zero-order chi connectivity index (χ0) is 14.6. The van der Waals surface area contributed by atoms with Gasteiger partial charge in [-0.15, -0.1) is 0 Å². The number of hydrogen-bond acceptors (Lipinski definition) is 2. The Bertz CT molecular complexity index is 485. The molecule has 0 aliphatic heterocycles. The first kappa shape index (κ1) is 16.1. The molecule has 0 aromatic heterocycles. The average molecular weight is 287 g/mol. The average Bonchev–Trinajstić information content (AvgIpc) is 2.27. The van der Waals surface area contributed by atoms with Gasteiger partial charge in [-0.1, -0.05) is 27.7 Å². The highest BCUT2D eigenvalue weighted by Gasteiger charge is 2.25. The molecule has 0 aliphatic carbocycles. The lowest BCUT2D eigenvalue weighted by atomic mass is 10.2. The Balaban J connectivity index is 3.07. The lowest BCUT2D eigenvalue weighted by molar-refractivity contribution is 0.333. The Morgan fingerprint density at radius 1 is 1.00 bits per heavy atom. The Morgan fingerprint density at radius 3 is 1.79 bits per heavy atom. The van der Waals surface area contributed by atoms with E-state index in [0.29, 0.717) is 13.1 Å². The minimum atomic E-state index is -3.54. The van der Waals surface area contributed by atoms with Crippen LogP contribution in [-0.2, 0) is 10.0 Å². The summed E-state index contributed by atoms with van der Waals surface area (Å²) in [7, 11) is -3.54. The fourth-order valence-corrected chi connectivity index (χ4v) is 3.61. The van der Waals surface area contributed by atoms with E-state index < -0.39 is 15.8 Å². The van der Waals surface area contributed by atoms with E-state index in [1.165, 1.54) is 28.6 Å². The van der Waals surface area contributed by atoms with Crippen LogP contribution in [0.5, 0.6) is 0 Å². The summed E-state index contributed by atoms with van der Waals surface area (Å²) < 4.78 is 39.4. The minimum absolute atomic E-state index is 0.148. The predicted molar refractivity (Wildman–Crippen MR) is 74.8 cm³/mol. The third kappa shape index (κ3) is 4.58. The van der Waals surface area contributed by atoms with Crippen LogP contribution >= 0.6 is 0 Å². The topological polar surface area (TPSA) is 37.4 Å². The molecule has 0 heterocycles. The van der Waals surface area contributed by atoms with E-state index in [1.54, 1.807) is 0 Å². The highest BCUT2D eigenvalue weighted by Crippen LogP contribution is 2.19. The van der Waals surface area contributed by atoms with Crippen molar-refractivity contribution in [2.24, 2.45) is 11.8 Å². The lowest BCUT2D eigenvalue weighted by Gasteiger charge is -2.25. The van der Waals surface area contributed by atoms with Gasteiger partial charge in [-0.3, -0.25) is 0 Å². The summed E-state index contributed by atoms with van der Waals surface area (Å²) in [4.78, 5) is 0.148. The number of halogens is 1. The molecule has 0 atom stereocenters. The standard InChI is InChI=1S/C14H22FNO2S/c1-11(2)9-16(10-12(3)4)19(17,18)14-7-5-13(15)6-8-14/h5-8,11-12H,9-10H2,1-4H3. The summed E-state index contributed by atoms with van der Waals surface area (Å²) in [5.74, 6) is 0.0566. The molecule has 0 saturated carbocycles. The summed E-state index contributed by atoms with van der Waals surface area (Å²) >= 11 is 0. The summed E-state index contributed by atoms with van der Waals surface area (Å²) in [5, 5.41) is 0. The molecule has 0 unspecified atom stereocenters. The molecule has 19 heavy (non-hydrogen) atoms. The number of nitrogens with zero attached hydrogens (tertiary/aromatic N) is 1. The number of sulfonamides is 1. The summed E-state index contributed by atoms with van der Waals surface area (Å²) in [6.07, 6.45) is 0. The van der Waals surface area contributed by atoms with Gasteiger partial charge in [-0.05, 0) is 36.1 Å². The molecule has 0 amide bonds. The molecule has 1 aromatic rings. The molecule has 0 bridgehead atoms. The SMILES string of the molecule is CC(C)CN(CC(C)C)S(=O)(=O)c1ccc(F)cc1. The van der Waals surface area contributed by atoms with Crippen LogP contribution in [0, 0.1) is 17.7 Å². The molecule has 0 fully saturated rings. The van der Waals surface area contributed by atoms with Gasteiger partial charge in [0.2, 0.25) is 10.0 Å². The van der Waals surface area contributed by atoms with E-state index >= 15 is 0 Å². The van der Waals surface area contributed by atoms with Crippen molar-refractivity contribution < 1.29 is 12.8 Å². The summed E-state index contributed by atoms with van der Waals surface area (Å²) in [6.45, 7) is 8.86. The monoisotopic (exact) mass is 287 g/mol. The molecule has 108 valence electrons. The van der Waals surface area contributed by atoms with Gasteiger partial charge in [-0.2, -0.15) is 4.31 Å². The van der Waals surface area contributed by atoms with Crippen LogP contribution in [0.25, 0.3) is 0 Å². The molecule has 0 saturated heterocycles. The van der Waals surface area contributed by atoms with Crippen LogP contribution in [0.15, 0.2) is 29.2 Å². The Kier molecular flexibility index (Phi) is 5.50.